The van der Waals surface area contributed by atoms with Crippen LogP contribution in [0.3, 0.4) is 0 Å². The summed E-state index contributed by atoms with van der Waals surface area (Å²) in [4.78, 5) is 2.58. The Morgan fingerprint density at radius 1 is 1.35 bits per heavy atom. The van der Waals surface area contributed by atoms with Gasteiger partial charge < -0.3 is 10.2 Å². The van der Waals surface area contributed by atoms with Gasteiger partial charge in [-0.15, -0.1) is 0 Å². The topological polar surface area (TPSA) is 15.3 Å². The van der Waals surface area contributed by atoms with Gasteiger partial charge in [0.05, 0.1) is 5.69 Å². The first kappa shape index (κ1) is 15.8. The van der Waals surface area contributed by atoms with Crippen LogP contribution < -0.4 is 10.2 Å². The van der Waals surface area contributed by atoms with Crippen LogP contribution in [-0.4, -0.2) is 25.2 Å². The third-order valence-corrected chi connectivity index (χ3v) is 4.98. The van der Waals surface area contributed by atoms with E-state index in [9.17, 15) is 0 Å². The molecule has 1 fully saturated rings. The van der Waals surface area contributed by atoms with Crippen LogP contribution in [0, 0.1) is 12.3 Å². The van der Waals surface area contributed by atoms with Gasteiger partial charge in [0.2, 0.25) is 0 Å². The summed E-state index contributed by atoms with van der Waals surface area (Å²) >= 11 is 3.75. The van der Waals surface area contributed by atoms with Gasteiger partial charge in [-0.05, 0) is 52.4 Å². The summed E-state index contributed by atoms with van der Waals surface area (Å²) in [5, 5.41) is 3.73. The van der Waals surface area contributed by atoms with Gasteiger partial charge >= 0.3 is 0 Å². The molecule has 1 aliphatic heterocycles. The summed E-state index contributed by atoms with van der Waals surface area (Å²) in [7, 11) is 0. The minimum Gasteiger partial charge on any atom is -0.365 e. The smallest absolute Gasteiger partial charge is 0.0514 e. The Bertz CT molecular complexity index is 465. The van der Waals surface area contributed by atoms with E-state index in [1.165, 1.54) is 22.1 Å². The van der Waals surface area contributed by atoms with Crippen LogP contribution in [0.2, 0.25) is 0 Å². The van der Waals surface area contributed by atoms with Gasteiger partial charge in [-0.3, -0.25) is 0 Å². The average molecular weight is 339 g/mol. The van der Waals surface area contributed by atoms with Crippen LogP contribution in [0.15, 0.2) is 22.7 Å². The maximum Gasteiger partial charge on any atom is 0.0514 e. The second-order valence-corrected chi connectivity index (χ2v) is 7.85. The molecular formula is C17H27BrN2. The predicted octanol–water partition coefficient (Wildman–Crippen LogP) is 4.36. The molecule has 0 bridgehead atoms. The molecule has 2 unspecified atom stereocenters. The third-order valence-electron chi connectivity index (χ3n) is 4.35. The molecular weight excluding hydrogens is 312 g/mol. The lowest BCUT2D eigenvalue weighted by Gasteiger charge is -2.46. The van der Waals surface area contributed by atoms with Crippen molar-refractivity contribution >= 4 is 21.6 Å². The number of piperazine rings is 1. The average Bonchev–Trinajstić information content (AvgIpc) is 2.37. The summed E-state index contributed by atoms with van der Waals surface area (Å²) in [6.45, 7) is 13.5. The molecule has 3 heteroatoms. The molecule has 1 N–H and O–H groups in total. The Morgan fingerprint density at radius 2 is 2.05 bits per heavy atom. The van der Waals surface area contributed by atoms with E-state index in [-0.39, 0.29) is 5.41 Å². The van der Waals surface area contributed by atoms with Gasteiger partial charge in [0, 0.05) is 29.6 Å². The second kappa shape index (κ2) is 6.07. The maximum atomic E-state index is 3.75. The molecule has 0 amide bonds. The molecule has 0 aromatic heterocycles. The third kappa shape index (κ3) is 3.37. The van der Waals surface area contributed by atoms with Crippen molar-refractivity contribution in [3.63, 3.8) is 0 Å². The fraction of sp³-hybridized carbons (Fsp3) is 0.647. The normalized spacial score (nSPS) is 24.0. The van der Waals surface area contributed by atoms with E-state index in [0.717, 1.165) is 13.1 Å². The van der Waals surface area contributed by atoms with Gasteiger partial charge in [0.15, 0.2) is 0 Å². The molecule has 1 heterocycles. The molecule has 1 aromatic rings. The number of hydrogen-bond acceptors (Lipinski definition) is 2. The number of halogens is 1. The molecule has 112 valence electrons. The highest BCUT2D eigenvalue weighted by molar-refractivity contribution is 9.10. The molecule has 1 saturated heterocycles. The van der Waals surface area contributed by atoms with E-state index in [1.54, 1.807) is 0 Å². The lowest BCUT2D eigenvalue weighted by atomic mass is 9.84. The molecule has 2 nitrogen and oxygen atoms in total. The van der Waals surface area contributed by atoms with Crippen LogP contribution in [0.5, 0.6) is 0 Å². The highest BCUT2D eigenvalue weighted by atomic mass is 79.9. The molecule has 2 rings (SSSR count). The van der Waals surface area contributed by atoms with Crippen molar-refractivity contribution in [2.75, 3.05) is 18.0 Å². The van der Waals surface area contributed by atoms with Gasteiger partial charge in [-0.1, -0.05) is 33.8 Å². The Hall–Kier alpha value is -0.540. The highest BCUT2D eigenvalue weighted by Gasteiger charge is 2.34. The highest BCUT2D eigenvalue weighted by Crippen LogP contribution is 2.33. The molecule has 2 atom stereocenters. The number of nitrogens with one attached hydrogen (secondary N) is 1. The SMILES string of the molecule is CCC1CNC(C(C)(C)C)CN1c1ccc(C)cc1Br. The number of nitrogens with zero attached hydrogens (tertiary/aromatic N) is 1. The van der Waals surface area contributed by atoms with Gasteiger partial charge in [-0.2, -0.15) is 0 Å². The first-order valence-electron chi connectivity index (χ1n) is 7.59. The molecule has 20 heavy (non-hydrogen) atoms. The molecule has 0 saturated carbocycles. The number of benzene rings is 1. The largest absolute Gasteiger partial charge is 0.365 e. The van der Waals surface area contributed by atoms with Crippen molar-refractivity contribution in [2.45, 2.75) is 53.1 Å². The van der Waals surface area contributed by atoms with E-state index >= 15 is 0 Å². The summed E-state index contributed by atoms with van der Waals surface area (Å²) in [6, 6.07) is 7.79. The van der Waals surface area contributed by atoms with Crippen molar-refractivity contribution in [3.05, 3.63) is 28.2 Å². The standard InChI is InChI=1S/C17H27BrN2/c1-6-13-10-19-16(17(3,4)5)11-20(13)15-8-7-12(2)9-14(15)18/h7-9,13,16,19H,6,10-11H2,1-5H3. The molecule has 0 spiro atoms. The van der Waals surface area contributed by atoms with E-state index in [0.29, 0.717) is 12.1 Å². The predicted molar refractivity (Wildman–Crippen MR) is 91.5 cm³/mol. The van der Waals surface area contributed by atoms with E-state index in [1.807, 2.05) is 0 Å². The van der Waals surface area contributed by atoms with Crippen LogP contribution in [0.1, 0.15) is 39.7 Å². The van der Waals surface area contributed by atoms with Gasteiger partial charge in [0.25, 0.3) is 0 Å². The minimum absolute atomic E-state index is 0.286. The number of aryl methyl sites for hydroxylation is 1. The first-order chi connectivity index (χ1) is 9.32. The van der Waals surface area contributed by atoms with Crippen molar-refractivity contribution in [1.82, 2.24) is 5.32 Å². The quantitative estimate of drug-likeness (QED) is 0.861. The Kier molecular flexibility index (Phi) is 4.80. The van der Waals surface area contributed by atoms with Crippen LogP contribution in [0.4, 0.5) is 5.69 Å². The molecule has 1 aliphatic rings. The summed E-state index contributed by atoms with van der Waals surface area (Å²) < 4.78 is 1.21. The van der Waals surface area contributed by atoms with E-state index < -0.39 is 0 Å². The fourth-order valence-electron chi connectivity index (χ4n) is 2.88. The van der Waals surface area contributed by atoms with Crippen LogP contribution >= 0.6 is 15.9 Å². The first-order valence-corrected chi connectivity index (χ1v) is 8.38. The monoisotopic (exact) mass is 338 g/mol. The van der Waals surface area contributed by atoms with Crippen molar-refractivity contribution in [3.8, 4) is 0 Å². The van der Waals surface area contributed by atoms with Gasteiger partial charge in [0.1, 0.15) is 0 Å². The summed E-state index contributed by atoms with van der Waals surface area (Å²) in [6.07, 6.45) is 1.17. The Morgan fingerprint density at radius 3 is 2.60 bits per heavy atom. The fourth-order valence-corrected chi connectivity index (χ4v) is 3.60. The Labute approximate surface area is 132 Å². The molecule has 0 radical (unpaired) electrons. The lowest BCUT2D eigenvalue weighted by molar-refractivity contribution is 0.233. The lowest BCUT2D eigenvalue weighted by Crippen LogP contribution is -2.60. The zero-order valence-electron chi connectivity index (χ0n) is 13.3. The van der Waals surface area contributed by atoms with Crippen molar-refractivity contribution in [2.24, 2.45) is 5.41 Å². The zero-order chi connectivity index (χ0) is 14.9. The number of rotatable bonds is 2. The van der Waals surface area contributed by atoms with E-state index in [2.05, 4.69) is 79.0 Å². The second-order valence-electron chi connectivity index (χ2n) is 7.00. The van der Waals surface area contributed by atoms with Crippen molar-refractivity contribution < 1.29 is 0 Å². The zero-order valence-corrected chi connectivity index (χ0v) is 14.9. The van der Waals surface area contributed by atoms with Crippen LogP contribution in [0.25, 0.3) is 0 Å². The van der Waals surface area contributed by atoms with E-state index in [4.69, 9.17) is 0 Å². The summed E-state index contributed by atoms with van der Waals surface area (Å²) in [5.74, 6) is 0. The number of hydrogen-bond donors (Lipinski definition) is 1. The Balaban J connectivity index is 2.29. The maximum absolute atomic E-state index is 3.75. The number of anilines is 1. The molecule has 1 aromatic carbocycles. The molecule has 0 aliphatic carbocycles. The summed E-state index contributed by atoms with van der Waals surface area (Å²) in [5.41, 5.74) is 2.92. The minimum atomic E-state index is 0.286. The van der Waals surface area contributed by atoms with Gasteiger partial charge in [-0.25, -0.2) is 0 Å². The van der Waals surface area contributed by atoms with Crippen LogP contribution in [-0.2, 0) is 0 Å². The van der Waals surface area contributed by atoms with Crippen molar-refractivity contribution in [1.29, 1.82) is 0 Å².